The number of hydrogen-bond acceptors (Lipinski definition) is 2. The molecule has 0 bridgehead atoms. The topological polar surface area (TPSA) is 29.9 Å². The van der Waals surface area contributed by atoms with E-state index in [1.54, 1.807) is 11.7 Å². The van der Waals surface area contributed by atoms with E-state index in [-0.39, 0.29) is 5.69 Å². The minimum atomic E-state index is -0.464. The van der Waals surface area contributed by atoms with E-state index in [2.05, 4.69) is 26.3 Å². The van der Waals surface area contributed by atoms with E-state index in [1.165, 1.54) is 19.1 Å². The van der Waals surface area contributed by atoms with Gasteiger partial charge in [0.1, 0.15) is 11.6 Å². The van der Waals surface area contributed by atoms with Crippen LogP contribution in [0.5, 0.6) is 0 Å². The van der Waals surface area contributed by atoms with Gasteiger partial charge < -0.3 is 5.32 Å². The van der Waals surface area contributed by atoms with Crippen molar-refractivity contribution in [2.75, 3.05) is 5.32 Å². The fraction of sp³-hybridized carbons (Fsp3) is 0.308. The largest absolute Gasteiger partial charge is 0.377 e. The molecule has 0 radical (unpaired) electrons. The van der Waals surface area contributed by atoms with E-state index in [9.17, 15) is 8.78 Å². The first-order chi connectivity index (χ1) is 8.90. The van der Waals surface area contributed by atoms with E-state index < -0.39 is 11.6 Å². The summed E-state index contributed by atoms with van der Waals surface area (Å²) in [5.41, 5.74) is 2.17. The van der Waals surface area contributed by atoms with Gasteiger partial charge in [-0.25, -0.2) is 8.78 Å². The average molecular weight is 330 g/mol. The Hall–Kier alpha value is -1.43. The Morgan fingerprint density at radius 3 is 2.53 bits per heavy atom. The van der Waals surface area contributed by atoms with Crippen molar-refractivity contribution in [2.24, 2.45) is 7.05 Å². The van der Waals surface area contributed by atoms with E-state index >= 15 is 0 Å². The average Bonchev–Trinajstić information content (AvgIpc) is 2.57. The highest BCUT2D eigenvalue weighted by atomic mass is 79.9. The summed E-state index contributed by atoms with van der Waals surface area (Å²) in [5.74, 6) is -0.891. The number of aromatic nitrogens is 2. The molecule has 0 spiro atoms. The van der Waals surface area contributed by atoms with E-state index in [0.717, 1.165) is 15.9 Å². The summed E-state index contributed by atoms with van der Waals surface area (Å²) in [6.45, 7) is 3.76. The molecule has 0 aliphatic rings. The number of benzene rings is 1. The molecule has 0 amide bonds. The predicted octanol–water partition coefficient (Wildman–Crippen LogP) is 3.69. The first kappa shape index (κ1) is 14.0. The van der Waals surface area contributed by atoms with Crippen LogP contribution >= 0.6 is 15.9 Å². The molecule has 1 aromatic heterocycles. The van der Waals surface area contributed by atoms with E-state index in [4.69, 9.17) is 0 Å². The molecule has 2 aromatic rings. The summed E-state index contributed by atoms with van der Waals surface area (Å²) in [6.07, 6.45) is 0. The van der Waals surface area contributed by atoms with Gasteiger partial charge in [-0.1, -0.05) is 0 Å². The second-order valence-corrected chi connectivity index (χ2v) is 5.20. The SMILES string of the molecule is Cc1cc(F)c(NCc2c(Br)c(C)nn2C)cc1F. The second kappa shape index (κ2) is 5.28. The lowest BCUT2D eigenvalue weighted by Crippen LogP contribution is -2.07. The van der Waals surface area contributed by atoms with E-state index in [1.807, 2.05) is 6.92 Å². The summed E-state index contributed by atoms with van der Waals surface area (Å²) in [5, 5.41) is 7.13. The van der Waals surface area contributed by atoms with Crippen molar-refractivity contribution in [3.05, 3.63) is 45.2 Å². The summed E-state index contributed by atoms with van der Waals surface area (Å²) in [6, 6.07) is 2.35. The number of aryl methyl sites for hydroxylation is 3. The molecule has 2 rings (SSSR count). The summed E-state index contributed by atoms with van der Waals surface area (Å²) in [4.78, 5) is 0. The summed E-state index contributed by atoms with van der Waals surface area (Å²) >= 11 is 3.43. The fourth-order valence-corrected chi connectivity index (χ4v) is 2.31. The lowest BCUT2D eigenvalue weighted by atomic mass is 10.2. The Balaban J connectivity index is 2.21. The van der Waals surface area contributed by atoms with Crippen molar-refractivity contribution in [2.45, 2.75) is 20.4 Å². The van der Waals surface area contributed by atoms with Crippen molar-refractivity contribution < 1.29 is 8.78 Å². The number of rotatable bonds is 3. The van der Waals surface area contributed by atoms with E-state index in [0.29, 0.717) is 12.1 Å². The number of hydrogen-bond donors (Lipinski definition) is 1. The highest BCUT2D eigenvalue weighted by molar-refractivity contribution is 9.10. The Labute approximate surface area is 118 Å². The van der Waals surface area contributed by atoms with Crippen molar-refractivity contribution >= 4 is 21.6 Å². The van der Waals surface area contributed by atoms with Gasteiger partial charge in [-0.3, -0.25) is 4.68 Å². The minimum Gasteiger partial charge on any atom is -0.377 e. The van der Waals surface area contributed by atoms with Gasteiger partial charge in [0.15, 0.2) is 0 Å². The Bertz CT molecular complexity index is 623. The molecule has 1 N–H and O–H groups in total. The van der Waals surface area contributed by atoms with Crippen LogP contribution in [0, 0.1) is 25.5 Å². The van der Waals surface area contributed by atoms with Gasteiger partial charge in [0.25, 0.3) is 0 Å². The maximum absolute atomic E-state index is 13.7. The predicted molar refractivity (Wildman–Crippen MR) is 74.1 cm³/mol. The number of nitrogens with zero attached hydrogens (tertiary/aromatic N) is 2. The van der Waals surface area contributed by atoms with Gasteiger partial charge in [0.2, 0.25) is 0 Å². The van der Waals surface area contributed by atoms with Crippen molar-refractivity contribution in [1.82, 2.24) is 9.78 Å². The first-order valence-corrected chi connectivity index (χ1v) is 6.57. The molecule has 0 saturated carbocycles. The Morgan fingerprint density at radius 1 is 1.26 bits per heavy atom. The number of nitrogens with one attached hydrogen (secondary N) is 1. The lowest BCUT2D eigenvalue weighted by Gasteiger charge is -2.09. The van der Waals surface area contributed by atoms with Crippen LogP contribution in [0.1, 0.15) is 17.0 Å². The zero-order chi connectivity index (χ0) is 14.2. The van der Waals surface area contributed by atoms with Gasteiger partial charge in [-0.05, 0) is 41.4 Å². The quantitative estimate of drug-likeness (QED) is 0.930. The normalized spacial score (nSPS) is 10.8. The molecular weight excluding hydrogens is 316 g/mol. The van der Waals surface area contributed by atoms with Gasteiger partial charge in [-0.2, -0.15) is 5.10 Å². The van der Waals surface area contributed by atoms with Crippen LogP contribution in [-0.2, 0) is 13.6 Å². The highest BCUT2D eigenvalue weighted by Gasteiger charge is 2.12. The third-order valence-electron chi connectivity index (χ3n) is 2.96. The molecule has 1 aromatic carbocycles. The zero-order valence-corrected chi connectivity index (χ0v) is 12.5. The molecule has 6 heteroatoms. The number of anilines is 1. The summed E-state index contributed by atoms with van der Waals surface area (Å²) in [7, 11) is 1.81. The molecule has 0 fully saturated rings. The lowest BCUT2D eigenvalue weighted by molar-refractivity contribution is 0.594. The van der Waals surface area contributed by atoms with Crippen LogP contribution in [0.4, 0.5) is 14.5 Å². The maximum Gasteiger partial charge on any atom is 0.146 e. The fourth-order valence-electron chi connectivity index (χ4n) is 1.83. The molecular formula is C13H14BrF2N3. The number of halogens is 3. The van der Waals surface area contributed by atoms with Gasteiger partial charge in [0, 0.05) is 13.1 Å². The standard InChI is InChI=1S/C13H14BrF2N3/c1-7-4-10(16)11(5-9(7)15)17-6-12-13(14)8(2)18-19(12)3/h4-5,17H,6H2,1-3H3. The Kier molecular flexibility index (Phi) is 3.89. The molecule has 102 valence electrons. The Morgan fingerprint density at radius 2 is 1.95 bits per heavy atom. The van der Waals surface area contributed by atoms with Crippen LogP contribution in [0.15, 0.2) is 16.6 Å². The zero-order valence-electron chi connectivity index (χ0n) is 10.9. The van der Waals surface area contributed by atoms with Crippen LogP contribution in [0.25, 0.3) is 0 Å². The molecule has 0 aliphatic carbocycles. The molecule has 0 unspecified atom stereocenters. The van der Waals surface area contributed by atoms with Crippen LogP contribution in [-0.4, -0.2) is 9.78 Å². The third kappa shape index (κ3) is 2.78. The molecule has 0 saturated heterocycles. The highest BCUT2D eigenvalue weighted by Crippen LogP contribution is 2.23. The maximum atomic E-state index is 13.7. The van der Waals surface area contributed by atoms with Crippen LogP contribution < -0.4 is 5.32 Å². The molecule has 3 nitrogen and oxygen atoms in total. The van der Waals surface area contributed by atoms with Gasteiger partial charge >= 0.3 is 0 Å². The summed E-state index contributed by atoms with van der Waals surface area (Å²) < 4.78 is 29.7. The molecule has 1 heterocycles. The van der Waals surface area contributed by atoms with Crippen molar-refractivity contribution in [3.63, 3.8) is 0 Å². The van der Waals surface area contributed by atoms with Crippen LogP contribution in [0.2, 0.25) is 0 Å². The van der Waals surface area contributed by atoms with Crippen molar-refractivity contribution in [3.8, 4) is 0 Å². The molecule has 0 aliphatic heterocycles. The second-order valence-electron chi connectivity index (χ2n) is 4.40. The molecule has 19 heavy (non-hydrogen) atoms. The monoisotopic (exact) mass is 329 g/mol. The first-order valence-electron chi connectivity index (χ1n) is 5.77. The minimum absolute atomic E-state index is 0.147. The van der Waals surface area contributed by atoms with Gasteiger partial charge in [-0.15, -0.1) is 0 Å². The van der Waals surface area contributed by atoms with Crippen molar-refractivity contribution in [1.29, 1.82) is 0 Å². The van der Waals surface area contributed by atoms with Crippen LogP contribution in [0.3, 0.4) is 0 Å². The van der Waals surface area contributed by atoms with Gasteiger partial charge in [0.05, 0.1) is 28.1 Å². The molecule has 0 atom stereocenters. The smallest absolute Gasteiger partial charge is 0.146 e. The third-order valence-corrected chi connectivity index (χ3v) is 3.99.